The molecule has 0 radical (unpaired) electrons. The highest BCUT2D eigenvalue weighted by Crippen LogP contribution is 2.70. The van der Waals surface area contributed by atoms with Crippen LogP contribution in [0.3, 0.4) is 0 Å². The highest BCUT2D eigenvalue weighted by Gasteiger charge is 2.66. The second kappa shape index (κ2) is 3.48. The van der Waals surface area contributed by atoms with Crippen LogP contribution in [0.15, 0.2) is 0 Å². The predicted octanol–water partition coefficient (Wildman–Crippen LogP) is 2.91. The van der Waals surface area contributed by atoms with E-state index < -0.39 is 0 Å². The molecule has 1 N–H and O–H groups in total. The van der Waals surface area contributed by atoms with E-state index in [1.165, 1.54) is 6.42 Å². The second-order valence-corrected chi connectivity index (χ2v) is 6.27. The van der Waals surface area contributed by atoms with Gasteiger partial charge >= 0.3 is 0 Å². The van der Waals surface area contributed by atoms with Gasteiger partial charge in [-0.05, 0) is 61.8 Å². The summed E-state index contributed by atoms with van der Waals surface area (Å²) in [6.45, 7) is 4.76. The van der Waals surface area contributed by atoms with Crippen molar-refractivity contribution in [2.24, 2.45) is 35.5 Å². The minimum Gasteiger partial charge on any atom is -0.316 e. The van der Waals surface area contributed by atoms with Gasteiger partial charge in [0, 0.05) is 6.04 Å². The Labute approximate surface area is 94.0 Å². The molecule has 3 rings (SSSR count). The summed E-state index contributed by atoms with van der Waals surface area (Å²) in [5, 5.41) is 3.61. The highest BCUT2D eigenvalue weighted by molar-refractivity contribution is 5.16. The molecule has 3 aliphatic carbocycles. The SMILES string of the molecule is CCC(C)C(NC)C1C2C3CCC(C3)C21. The van der Waals surface area contributed by atoms with Gasteiger partial charge in [0.25, 0.3) is 0 Å². The van der Waals surface area contributed by atoms with E-state index in [9.17, 15) is 0 Å². The first-order valence-corrected chi connectivity index (χ1v) is 6.95. The van der Waals surface area contributed by atoms with Crippen molar-refractivity contribution in [2.75, 3.05) is 7.05 Å². The van der Waals surface area contributed by atoms with Gasteiger partial charge in [0.2, 0.25) is 0 Å². The van der Waals surface area contributed by atoms with Crippen LogP contribution in [0.5, 0.6) is 0 Å². The van der Waals surface area contributed by atoms with Crippen molar-refractivity contribution in [2.45, 2.75) is 45.6 Å². The van der Waals surface area contributed by atoms with E-state index in [2.05, 4.69) is 26.2 Å². The lowest BCUT2D eigenvalue weighted by Gasteiger charge is -2.25. The number of nitrogens with one attached hydrogen (secondary N) is 1. The summed E-state index contributed by atoms with van der Waals surface area (Å²) in [5.74, 6) is 6.45. The standard InChI is InChI=1S/C14H25N/c1-4-8(2)14(15-3)13-11-9-5-6-10(7-9)12(11)13/h8-15H,4-7H2,1-3H3. The van der Waals surface area contributed by atoms with Crippen molar-refractivity contribution < 1.29 is 0 Å². The molecule has 1 nitrogen and oxygen atoms in total. The third-order valence-electron chi connectivity index (χ3n) is 5.80. The molecule has 6 unspecified atom stereocenters. The Morgan fingerprint density at radius 3 is 2.27 bits per heavy atom. The van der Waals surface area contributed by atoms with Gasteiger partial charge in [0.05, 0.1) is 0 Å². The molecule has 15 heavy (non-hydrogen) atoms. The van der Waals surface area contributed by atoms with Gasteiger partial charge in [-0.1, -0.05) is 20.3 Å². The van der Waals surface area contributed by atoms with Crippen LogP contribution in [0.2, 0.25) is 0 Å². The van der Waals surface area contributed by atoms with Crippen LogP contribution < -0.4 is 5.32 Å². The molecule has 3 saturated carbocycles. The zero-order valence-electron chi connectivity index (χ0n) is 10.4. The first-order valence-electron chi connectivity index (χ1n) is 6.95. The molecule has 0 saturated heterocycles. The molecule has 0 amide bonds. The third-order valence-corrected chi connectivity index (χ3v) is 5.80. The van der Waals surface area contributed by atoms with Crippen molar-refractivity contribution in [1.82, 2.24) is 5.32 Å². The Bertz CT molecular complexity index is 234. The lowest BCUT2D eigenvalue weighted by Crippen LogP contribution is -2.36. The summed E-state index contributed by atoms with van der Waals surface area (Å²) in [4.78, 5) is 0. The van der Waals surface area contributed by atoms with Crippen molar-refractivity contribution in [3.8, 4) is 0 Å². The second-order valence-electron chi connectivity index (χ2n) is 6.27. The van der Waals surface area contributed by atoms with Crippen molar-refractivity contribution in [3.05, 3.63) is 0 Å². The fraction of sp³-hybridized carbons (Fsp3) is 1.00. The maximum absolute atomic E-state index is 3.61. The van der Waals surface area contributed by atoms with Crippen LogP contribution in [0, 0.1) is 35.5 Å². The lowest BCUT2D eigenvalue weighted by molar-refractivity contribution is 0.296. The smallest absolute Gasteiger partial charge is 0.0124 e. The first kappa shape index (κ1) is 10.1. The highest BCUT2D eigenvalue weighted by atomic mass is 14.9. The molecular weight excluding hydrogens is 182 g/mol. The number of rotatable bonds is 4. The molecule has 0 aromatic rings. The van der Waals surface area contributed by atoms with Gasteiger partial charge in [-0.3, -0.25) is 0 Å². The normalized spacial score (nSPS) is 50.2. The average molecular weight is 207 g/mol. The molecule has 0 aromatic heterocycles. The maximum atomic E-state index is 3.61. The van der Waals surface area contributed by atoms with Gasteiger partial charge in [-0.25, -0.2) is 0 Å². The van der Waals surface area contributed by atoms with Gasteiger partial charge in [-0.15, -0.1) is 0 Å². The Balaban J connectivity index is 1.70. The van der Waals surface area contributed by atoms with Crippen LogP contribution in [0.4, 0.5) is 0 Å². The zero-order chi connectivity index (χ0) is 10.6. The van der Waals surface area contributed by atoms with Gasteiger partial charge in [-0.2, -0.15) is 0 Å². The number of hydrogen-bond acceptors (Lipinski definition) is 1. The summed E-state index contributed by atoms with van der Waals surface area (Å²) < 4.78 is 0. The van der Waals surface area contributed by atoms with Gasteiger partial charge in [0.1, 0.15) is 0 Å². The molecule has 0 spiro atoms. The molecule has 86 valence electrons. The molecule has 0 aromatic carbocycles. The van der Waals surface area contributed by atoms with E-state index in [4.69, 9.17) is 0 Å². The lowest BCUT2D eigenvalue weighted by atomic mass is 9.89. The van der Waals surface area contributed by atoms with Crippen LogP contribution in [-0.2, 0) is 0 Å². The summed E-state index contributed by atoms with van der Waals surface area (Å²) in [7, 11) is 2.17. The van der Waals surface area contributed by atoms with E-state index in [1.807, 2.05) is 0 Å². The van der Waals surface area contributed by atoms with E-state index in [-0.39, 0.29) is 0 Å². The Hall–Kier alpha value is -0.0400. The molecule has 3 fully saturated rings. The monoisotopic (exact) mass is 207 g/mol. The van der Waals surface area contributed by atoms with Crippen LogP contribution in [0.1, 0.15) is 39.5 Å². The Morgan fingerprint density at radius 2 is 1.80 bits per heavy atom. The largest absolute Gasteiger partial charge is 0.316 e. The van der Waals surface area contributed by atoms with Crippen LogP contribution in [0.25, 0.3) is 0 Å². The number of hydrogen-bond donors (Lipinski definition) is 1. The summed E-state index contributed by atoms with van der Waals surface area (Å²) in [6.07, 6.45) is 6.03. The Morgan fingerprint density at radius 1 is 1.20 bits per heavy atom. The quantitative estimate of drug-likeness (QED) is 0.747. The van der Waals surface area contributed by atoms with E-state index >= 15 is 0 Å². The molecule has 3 aliphatic rings. The van der Waals surface area contributed by atoms with Crippen molar-refractivity contribution >= 4 is 0 Å². The molecule has 0 aliphatic heterocycles. The minimum absolute atomic E-state index is 0.813. The van der Waals surface area contributed by atoms with Crippen molar-refractivity contribution in [1.29, 1.82) is 0 Å². The Kier molecular flexibility index (Phi) is 2.35. The molecule has 2 bridgehead atoms. The first-order chi connectivity index (χ1) is 7.27. The van der Waals surface area contributed by atoms with E-state index in [0.717, 1.165) is 41.5 Å². The zero-order valence-corrected chi connectivity index (χ0v) is 10.4. The minimum atomic E-state index is 0.813. The van der Waals surface area contributed by atoms with E-state index in [0.29, 0.717) is 0 Å². The summed E-state index contributed by atoms with van der Waals surface area (Å²) in [6, 6.07) is 0.813. The molecule has 1 heteroatoms. The average Bonchev–Trinajstić information content (AvgIpc) is 2.70. The maximum Gasteiger partial charge on any atom is 0.0124 e. The van der Waals surface area contributed by atoms with Crippen molar-refractivity contribution in [3.63, 3.8) is 0 Å². The number of fused-ring (bicyclic) bond motifs is 5. The predicted molar refractivity (Wildman–Crippen MR) is 63.6 cm³/mol. The summed E-state index contributed by atoms with van der Waals surface area (Å²) in [5.41, 5.74) is 0. The topological polar surface area (TPSA) is 12.0 Å². The van der Waals surface area contributed by atoms with Crippen LogP contribution >= 0.6 is 0 Å². The molecular formula is C14H25N. The van der Waals surface area contributed by atoms with Crippen LogP contribution in [-0.4, -0.2) is 13.1 Å². The third kappa shape index (κ3) is 1.32. The molecule has 6 atom stereocenters. The van der Waals surface area contributed by atoms with E-state index in [1.54, 1.807) is 19.3 Å². The fourth-order valence-corrected chi connectivity index (χ4v) is 4.98. The van der Waals surface area contributed by atoms with Gasteiger partial charge < -0.3 is 5.32 Å². The fourth-order valence-electron chi connectivity index (χ4n) is 4.98. The molecule has 0 heterocycles. The summed E-state index contributed by atoms with van der Waals surface area (Å²) >= 11 is 0. The van der Waals surface area contributed by atoms with Gasteiger partial charge in [0.15, 0.2) is 0 Å².